The van der Waals surface area contributed by atoms with Crippen LogP contribution in [0, 0.1) is 0 Å². The number of carbonyl (C=O) groups excluding carboxylic acids is 1. The normalized spacial score (nSPS) is 10.4. The lowest BCUT2D eigenvalue weighted by Gasteiger charge is -2.05. The molecule has 0 saturated heterocycles. The van der Waals surface area contributed by atoms with Gasteiger partial charge in [-0.25, -0.2) is 0 Å². The fourth-order valence-corrected chi connectivity index (χ4v) is 2.02. The highest BCUT2D eigenvalue weighted by molar-refractivity contribution is 6.29. The molecule has 2 aromatic rings. The van der Waals surface area contributed by atoms with Crippen LogP contribution in [0.1, 0.15) is 23.7 Å². The highest BCUT2D eigenvalue weighted by Crippen LogP contribution is 2.24. The first kappa shape index (κ1) is 15.3. The second-order valence-corrected chi connectivity index (χ2v) is 5.18. The zero-order chi connectivity index (χ0) is 15.2. The number of hydrogen-bond acceptors (Lipinski definition) is 3. The Hall–Kier alpha value is -2.07. The number of hydrogen-bond donors (Lipinski definition) is 0. The maximum atomic E-state index is 11.2. The molecule has 5 heteroatoms. The molecule has 110 valence electrons. The zero-order valence-electron chi connectivity index (χ0n) is 11.9. The van der Waals surface area contributed by atoms with E-state index in [9.17, 15) is 4.79 Å². The van der Waals surface area contributed by atoms with E-state index in [2.05, 4.69) is 18.6 Å². The molecule has 0 amide bonds. The van der Waals surface area contributed by atoms with Crippen LogP contribution in [0.15, 0.2) is 42.1 Å². The van der Waals surface area contributed by atoms with Crippen molar-refractivity contribution in [3.63, 3.8) is 0 Å². The molecule has 4 nitrogen and oxygen atoms in total. The summed E-state index contributed by atoms with van der Waals surface area (Å²) in [6, 6.07) is 7.39. The van der Waals surface area contributed by atoms with Crippen molar-refractivity contribution in [3.05, 3.63) is 47.6 Å². The Morgan fingerprint density at radius 1 is 1.43 bits per heavy atom. The molecule has 1 aromatic carbocycles. The number of rotatable bonds is 7. The monoisotopic (exact) mass is 304 g/mol. The first-order valence-electron chi connectivity index (χ1n) is 6.73. The maximum absolute atomic E-state index is 11.2. The molecule has 0 aliphatic rings. The van der Waals surface area contributed by atoms with Crippen molar-refractivity contribution < 1.29 is 9.53 Å². The Morgan fingerprint density at radius 2 is 2.14 bits per heavy atom. The van der Waals surface area contributed by atoms with E-state index in [0.29, 0.717) is 22.0 Å². The van der Waals surface area contributed by atoms with Crippen LogP contribution in [0.3, 0.4) is 0 Å². The smallest absolute Gasteiger partial charge is 0.153 e. The van der Waals surface area contributed by atoms with Gasteiger partial charge in [0.2, 0.25) is 0 Å². The summed E-state index contributed by atoms with van der Waals surface area (Å²) >= 11 is 5.66. The van der Waals surface area contributed by atoms with Crippen LogP contribution in [0.5, 0.6) is 5.75 Å². The van der Waals surface area contributed by atoms with Crippen LogP contribution < -0.4 is 4.74 Å². The molecule has 0 aliphatic heterocycles. The lowest BCUT2D eigenvalue weighted by Crippen LogP contribution is -1.97. The van der Waals surface area contributed by atoms with Crippen LogP contribution in [-0.4, -0.2) is 22.7 Å². The number of ether oxygens (including phenoxy) is 1. The van der Waals surface area contributed by atoms with Gasteiger partial charge in [0, 0.05) is 23.3 Å². The summed E-state index contributed by atoms with van der Waals surface area (Å²) in [6.07, 6.45) is 3.57. The molecule has 0 atom stereocenters. The topological polar surface area (TPSA) is 44.1 Å². The number of aromatic nitrogens is 2. The number of benzene rings is 1. The lowest BCUT2D eigenvalue weighted by atomic mass is 10.1. The van der Waals surface area contributed by atoms with E-state index in [1.807, 2.05) is 24.3 Å². The van der Waals surface area contributed by atoms with Crippen LogP contribution in [0.2, 0.25) is 0 Å². The van der Waals surface area contributed by atoms with Crippen molar-refractivity contribution in [1.29, 1.82) is 0 Å². The van der Waals surface area contributed by atoms with E-state index >= 15 is 0 Å². The molecule has 0 bridgehead atoms. The second-order valence-electron chi connectivity index (χ2n) is 4.64. The van der Waals surface area contributed by atoms with Gasteiger partial charge in [-0.2, -0.15) is 5.10 Å². The SMILES string of the molecule is C=C(Cl)COc1ccc(-c2nn(CCC)cc2C=O)cc1. The Kier molecular flexibility index (Phi) is 5.17. The summed E-state index contributed by atoms with van der Waals surface area (Å²) in [5, 5.41) is 4.90. The minimum Gasteiger partial charge on any atom is -0.488 e. The van der Waals surface area contributed by atoms with E-state index < -0.39 is 0 Å². The average molecular weight is 305 g/mol. The van der Waals surface area contributed by atoms with Gasteiger partial charge in [-0.1, -0.05) is 25.1 Å². The fourth-order valence-electron chi connectivity index (χ4n) is 1.96. The van der Waals surface area contributed by atoms with Gasteiger partial charge in [-0.15, -0.1) is 0 Å². The summed E-state index contributed by atoms with van der Waals surface area (Å²) in [6.45, 7) is 6.70. The van der Waals surface area contributed by atoms with Crippen molar-refractivity contribution in [2.24, 2.45) is 0 Å². The Morgan fingerprint density at radius 3 is 2.71 bits per heavy atom. The third kappa shape index (κ3) is 3.95. The summed E-state index contributed by atoms with van der Waals surface area (Å²) in [5.41, 5.74) is 2.15. The van der Waals surface area contributed by atoms with Crippen molar-refractivity contribution in [1.82, 2.24) is 9.78 Å². The molecule has 21 heavy (non-hydrogen) atoms. The number of aryl methyl sites for hydroxylation is 1. The zero-order valence-corrected chi connectivity index (χ0v) is 12.6. The molecule has 0 spiro atoms. The summed E-state index contributed by atoms with van der Waals surface area (Å²) in [7, 11) is 0. The highest BCUT2D eigenvalue weighted by Gasteiger charge is 2.10. The largest absolute Gasteiger partial charge is 0.488 e. The van der Waals surface area contributed by atoms with Gasteiger partial charge < -0.3 is 4.74 Å². The maximum Gasteiger partial charge on any atom is 0.153 e. The van der Waals surface area contributed by atoms with Crippen LogP contribution in [0.4, 0.5) is 0 Å². The average Bonchev–Trinajstić information content (AvgIpc) is 2.89. The number of halogens is 1. The molecule has 0 N–H and O–H groups in total. The van der Waals surface area contributed by atoms with Crippen LogP contribution in [-0.2, 0) is 6.54 Å². The third-order valence-electron chi connectivity index (χ3n) is 2.89. The van der Waals surface area contributed by atoms with Gasteiger partial charge in [-0.05, 0) is 30.7 Å². The first-order chi connectivity index (χ1) is 10.1. The molecule has 2 rings (SSSR count). The molecule has 0 aliphatic carbocycles. The Balaban J connectivity index is 2.21. The van der Waals surface area contributed by atoms with Gasteiger partial charge in [-0.3, -0.25) is 9.48 Å². The number of carbonyl (C=O) groups is 1. The molecule has 0 saturated carbocycles. The summed E-state index contributed by atoms with van der Waals surface area (Å²) in [5.74, 6) is 0.696. The van der Waals surface area contributed by atoms with Crippen LogP contribution >= 0.6 is 11.6 Å². The predicted octanol–water partition coefficient (Wildman–Crippen LogP) is 3.90. The third-order valence-corrected chi connectivity index (χ3v) is 3.00. The summed E-state index contributed by atoms with van der Waals surface area (Å²) in [4.78, 5) is 11.2. The predicted molar refractivity (Wildman–Crippen MR) is 83.8 cm³/mol. The molecule has 0 radical (unpaired) electrons. The second kappa shape index (κ2) is 7.09. The Labute approximate surface area is 129 Å². The first-order valence-corrected chi connectivity index (χ1v) is 7.11. The van der Waals surface area contributed by atoms with E-state index in [1.165, 1.54) is 0 Å². The summed E-state index contributed by atoms with van der Waals surface area (Å²) < 4.78 is 7.22. The minimum absolute atomic E-state index is 0.269. The van der Waals surface area contributed by atoms with Gasteiger partial charge in [0.1, 0.15) is 18.1 Å². The molecular weight excluding hydrogens is 288 g/mol. The van der Waals surface area contributed by atoms with Crippen molar-refractivity contribution in [2.75, 3.05) is 6.61 Å². The van der Waals surface area contributed by atoms with E-state index in [1.54, 1.807) is 10.9 Å². The highest BCUT2D eigenvalue weighted by atomic mass is 35.5. The molecule has 1 heterocycles. The van der Waals surface area contributed by atoms with Crippen LogP contribution in [0.25, 0.3) is 11.3 Å². The molecular formula is C16H17ClN2O2. The molecule has 0 unspecified atom stereocenters. The quantitative estimate of drug-likeness (QED) is 0.729. The molecule has 1 aromatic heterocycles. The van der Waals surface area contributed by atoms with Gasteiger partial charge in [0.05, 0.1) is 5.56 Å². The van der Waals surface area contributed by atoms with E-state index in [0.717, 1.165) is 24.8 Å². The van der Waals surface area contributed by atoms with Crippen molar-refractivity contribution in [2.45, 2.75) is 19.9 Å². The van der Waals surface area contributed by atoms with Gasteiger partial charge in [0.25, 0.3) is 0 Å². The van der Waals surface area contributed by atoms with Crippen molar-refractivity contribution in [3.8, 4) is 17.0 Å². The van der Waals surface area contributed by atoms with E-state index in [-0.39, 0.29) is 6.61 Å². The van der Waals surface area contributed by atoms with Crippen molar-refractivity contribution >= 4 is 17.9 Å². The van der Waals surface area contributed by atoms with E-state index in [4.69, 9.17) is 16.3 Å². The minimum atomic E-state index is 0.269. The number of nitrogens with zero attached hydrogens (tertiary/aromatic N) is 2. The number of aldehydes is 1. The van der Waals surface area contributed by atoms with Gasteiger partial charge in [0.15, 0.2) is 6.29 Å². The lowest BCUT2D eigenvalue weighted by molar-refractivity contribution is 0.112. The molecule has 0 fully saturated rings. The standard InChI is InChI=1S/C16H17ClN2O2/c1-3-8-19-9-14(10-20)16(18-19)13-4-6-15(7-5-13)21-11-12(2)17/h4-7,9-10H,2-3,8,11H2,1H3. The Bertz CT molecular complexity index is 632. The fraction of sp³-hybridized carbons (Fsp3) is 0.250. The van der Waals surface area contributed by atoms with Gasteiger partial charge >= 0.3 is 0 Å².